The summed E-state index contributed by atoms with van der Waals surface area (Å²) in [5.74, 6) is 0.785. The Kier molecular flexibility index (Phi) is 3.95. The van der Waals surface area contributed by atoms with E-state index in [0.717, 1.165) is 22.2 Å². The van der Waals surface area contributed by atoms with Crippen molar-refractivity contribution in [3.8, 4) is 5.75 Å². The first kappa shape index (κ1) is 11.0. The van der Waals surface area contributed by atoms with Crippen molar-refractivity contribution in [2.24, 2.45) is 0 Å². The molecule has 76 valence electrons. The van der Waals surface area contributed by atoms with Gasteiger partial charge >= 0.3 is 0 Å². The van der Waals surface area contributed by atoms with Gasteiger partial charge in [0.2, 0.25) is 0 Å². The highest BCUT2D eigenvalue weighted by Crippen LogP contribution is 2.28. The van der Waals surface area contributed by atoms with Crippen LogP contribution in [0.2, 0.25) is 0 Å². The molecule has 4 heteroatoms. The van der Waals surface area contributed by atoms with Gasteiger partial charge in [0, 0.05) is 12.7 Å². The second-order valence-electron chi connectivity index (χ2n) is 2.87. The molecule has 14 heavy (non-hydrogen) atoms. The molecule has 1 aromatic carbocycles. The molecule has 0 unspecified atom stereocenters. The molecule has 0 aliphatic rings. The monoisotopic (exact) mass is 257 g/mol. The van der Waals surface area contributed by atoms with Crippen LogP contribution in [-0.2, 0) is 4.79 Å². The predicted octanol–water partition coefficient (Wildman–Crippen LogP) is 2.09. The van der Waals surface area contributed by atoms with Crippen molar-refractivity contribution in [1.29, 1.82) is 0 Å². The number of likely N-dealkylation sites (N-methyl/N-ethyl adjacent to an activating group) is 1. The zero-order valence-electron chi connectivity index (χ0n) is 8.16. The number of hydrogen-bond donors (Lipinski definition) is 0. The average Bonchev–Trinajstić information content (AvgIpc) is 2.18. The van der Waals surface area contributed by atoms with Gasteiger partial charge in [0.15, 0.2) is 0 Å². The number of rotatable bonds is 4. The third-order valence-corrected chi connectivity index (χ3v) is 2.54. The summed E-state index contributed by atoms with van der Waals surface area (Å²) in [6.07, 6.45) is 0.873. The van der Waals surface area contributed by atoms with E-state index in [1.807, 2.05) is 30.1 Å². The molecule has 0 N–H and O–H groups in total. The number of carbonyl (C=O) groups is 1. The molecule has 0 heterocycles. The molecule has 0 bridgehead atoms. The van der Waals surface area contributed by atoms with E-state index in [1.165, 1.54) is 0 Å². The molecule has 1 rings (SSSR count). The topological polar surface area (TPSA) is 29.5 Å². The predicted molar refractivity (Wildman–Crippen MR) is 60.0 cm³/mol. The zero-order chi connectivity index (χ0) is 10.6. The minimum absolute atomic E-state index is 0.388. The Morgan fingerprint density at radius 1 is 1.57 bits per heavy atom. The lowest BCUT2D eigenvalue weighted by Crippen LogP contribution is -2.19. The maximum absolute atomic E-state index is 10.3. The summed E-state index contributed by atoms with van der Waals surface area (Å²) in [5, 5.41) is 0. The smallest absolute Gasteiger partial charge is 0.139 e. The van der Waals surface area contributed by atoms with Gasteiger partial charge in [-0.1, -0.05) is 0 Å². The van der Waals surface area contributed by atoms with Crippen molar-refractivity contribution in [2.45, 2.75) is 0 Å². The van der Waals surface area contributed by atoms with Gasteiger partial charge in [-0.05, 0) is 34.1 Å². The van der Waals surface area contributed by atoms with E-state index in [0.29, 0.717) is 6.54 Å². The van der Waals surface area contributed by atoms with Crippen LogP contribution in [0.1, 0.15) is 0 Å². The summed E-state index contributed by atoms with van der Waals surface area (Å²) in [4.78, 5) is 12.2. The SMILES string of the molecule is COc1ccc(N(C)CC=O)cc1Br. The molecule has 0 saturated heterocycles. The highest BCUT2D eigenvalue weighted by molar-refractivity contribution is 9.10. The van der Waals surface area contributed by atoms with Crippen LogP contribution >= 0.6 is 15.9 Å². The van der Waals surface area contributed by atoms with Crippen molar-refractivity contribution in [3.05, 3.63) is 22.7 Å². The lowest BCUT2D eigenvalue weighted by atomic mass is 10.3. The van der Waals surface area contributed by atoms with Crippen molar-refractivity contribution in [3.63, 3.8) is 0 Å². The van der Waals surface area contributed by atoms with E-state index in [9.17, 15) is 4.79 Å². The fourth-order valence-electron chi connectivity index (χ4n) is 1.11. The number of benzene rings is 1. The van der Waals surface area contributed by atoms with Crippen LogP contribution in [0.25, 0.3) is 0 Å². The lowest BCUT2D eigenvalue weighted by molar-refractivity contribution is -0.106. The van der Waals surface area contributed by atoms with Crippen LogP contribution in [0.15, 0.2) is 22.7 Å². The van der Waals surface area contributed by atoms with E-state index in [1.54, 1.807) is 7.11 Å². The van der Waals surface area contributed by atoms with E-state index < -0.39 is 0 Å². The zero-order valence-corrected chi connectivity index (χ0v) is 9.74. The van der Waals surface area contributed by atoms with Gasteiger partial charge in [0.1, 0.15) is 12.0 Å². The Bertz CT molecular complexity index is 328. The molecule has 0 spiro atoms. The third kappa shape index (κ3) is 2.48. The fourth-order valence-corrected chi connectivity index (χ4v) is 1.64. The number of halogens is 1. The highest BCUT2D eigenvalue weighted by atomic mass is 79.9. The molecular formula is C10H12BrNO2. The first-order valence-electron chi connectivity index (χ1n) is 4.17. The third-order valence-electron chi connectivity index (χ3n) is 1.92. The van der Waals surface area contributed by atoms with Gasteiger partial charge in [-0.25, -0.2) is 0 Å². The van der Waals surface area contributed by atoms with Crippen LogP contribution < -0.4 is 9.64 Å². The standard InChI is InChI=1S/C10H12BrNO2/c1-12(5-6-13)8-3-4-10(14-2)9(11)7-8/h3-4,6-7H,5H2,1-2H3. The normalized spacial score (nSPS) is 9.64. The Morgan fingerprint density at radius 3 is 2.79 bits per heavy atom. The number of ether oxygens (including phenoxy) is 1. The quantitative estimate of drug-likeness (QED) is 0.774. The number of carbonyl (C=O) groups excluding carboxylic acids is 1. The molecule has 0 aliphatic carbocycles. The molecule has 1 aromatic rings. The van der Waals surface area contributed by atoms with Crippen LogP contribution in [-0.4, -0.2) is 27.0 Å². The van der Waals surface area contributed by atoms with Crippen LogP contribution in [0.5, 0.6) is 5.75 Å². The van der Waals surface area contributed by atoms with Crippen LogP contribution in [0.3, 0.4) is 0 Å². The molecule has 0 fully saturated rings. The van der Waals surface area contributed by atoms with Crippen molar-refractivity contribution in [1.82, 2.24) is 0 Å². The largest absolute Gasteiger partial charge is 0.496 e. The van der Waals surface area contributed by atoms with Crippen molar-refractivity contribution in [2.75, 3.05) is 25.6 Å². The Labute approximate surface area is 91.8 Å². The molecular weight excluding hydrogens is 246 g/mol. The maximum atomic E-state index is 10.3. The summed E-state index contributed by atoms with van der Waals surface area (Å²) in [5.41, 5.74) is 0.977. The van der Waals surface area contributed by atoms with E-state index in [2.05, 4.69) is 15.9 Å². The second-order valence-corrected chi connectivity index (χ2v) is 3.72. The molecule has 3 nitrogen and oxygen atoms in total. The number of methoxy groups -OCH3 is 1. The lowest BCUT2D eigenvalue weighted by Gasteiger charge is -2.16. The maximum Gasteiger partial charge on any atom is 0.139 e. The first-order chi connectivity index (χ1) is 6.69. The van der Waals surface area contributed by atoms with Gasteiger partial charge in [0.25, 0.3) is 0 Å². The number of aldehydes is 1. The van der Waals surface area contributed by atoms with E-state index >= 15 is 0 Å². The number of anilines is 1. The van der Waals surface area contributed by atoms with Gasteiger partial charge in [-0.2, -0.15) is 0 Å². The number of hydrogen-bond acceptors (Lipinski definition) is 3. The summed E-state index contributed by atoms with van der Waals surface area (Å²) in [6.45, 7) is 0.388. The van der Waals surface area contributed by atoms with Gasteiger partial charge in [-0.15, -0.1) is 0 Å². The molecule has 0 saturated carbocycles. The minimum atomic E-state index is 0.388. The minimum Gasteiger partial charge on any atom is -0.496 e. The van der Waals surface area contributed by atoms with Crippen molar-refractivity contribution >= 4 is 27.9 Å². The average molecular weight is 258 g/mol. The second kappa shape index (κ2) is 5.00. The summed E-state index contributed by atoms with van der Waals surface area (Å²) in [7, 11) is 3.48. The molecule has 0 atom stereocenters. The Morgan fingerprint density at radius 2 is 2.29 bits per heavy atom. The van der Waals surface area contributed by atoms with Gasteiger partial charge < -0.3 is 14.4 Å². The molecule has 0 aromatic heterocycles. The van der Waals surface area contributed by atoms with Crippen molar-refractivity contribution < 1.29 is 9.53 Å². The fraction of sp³-hybridized carbons (Fsp3) is 0.300. The van der Waals surface area contributed by atoms with E-state index in [-0.39, 0.29) is 0 Å². The van der Waals surface area contributed by atoms with Crippen LogP contribution in [0.4, 0.5) is 5.69 Å². The van der Waals surface area contributed by atoms with Gasteiger partial charge in [-0.3, -0.25) is 0 Å². The van der Waals surface area contributed by atoms with E-state index in [4.69, 9.17) is 4.74 Å². The summed E-state index contributed by atoms with van der Waals surface area (Å²) >= 11 is 3.39. The number of nitrogens with zero attached hydrogens (tertiary/aromatic N) is 1. The van der Waals surface area contributed by atoms with Gasteiger partial charge in [0.05, 0.1) is 18.1 Å². The Balaban J connectivity index is 2.90. The first-order valence-corrected chi connectivity index (χ1v) is 4.96. The molecule has 0 amide bonds. The Hall–Kier alpha value is -1.03. The highest BCUT2D eigenvalue weighted by Gasteiger charge is 2.04. The molecule has 0 aliphatic heterocycles. The van der Waals surface area contributed by atoms with Crippen LogP contribution in [0, 0.1) is 0 Å². The molecule has 0 radical (unpaired) electrons. The summed E-state index contributed by atoms with van der Waals surface area (Å²) in [6, 6.07) is 5.69. The summed E-state index contributed by atoms with van der Waals surface area (Å²) < 4.78 is 5.99.